The van der Waals surface area contributed by atoms with Crippen molar-refractivity contribution in [2.45, 2.75) is 46.1 Å². The van der Waals surface area contributed by atoms with Crippen LogP contribution in [-0.2, 0) is 6.42 Å². The first kappa shape index (κ1) is 20.0. The summed E-state index contributed by atoms with van der Waals surface area (Å²) in [6.45, 7) is 9.39. The third kappa shape index (κ3) is 3.47. The number of hydrogen-bond donors (Lipinski definition) is 2. The highest BCUT2D eigenvalue weighted by atomic mass is 32.1. The van der Waals surface area contributed by atoms with E-state index in [1.807, 2.05) is 6.92 Å². The molecule has 4 aromatic rings. The van der Waals surface area contributed by atoms with E-state index in [1.165, 1.54) is 16.7 Å². The highest BCUT2D eigenvalue weighted by Gasteiger charge is 2.24. The van der Waals surface area contributed by atoms with Crippen LogP contribution < -0.4 is 10.6 Å². The van der Waals surface area contributed by atoms with Gasteiger partial charge in [-0.1, -0.05) is 26.8 Å². The zero-order valence-electron chi connectivity index (χ0n) is 18.4. The lowest BCUT2D eigenvalue weighted by Crippen LogP contribution is -2.34. The number of aryl methyl sites for hydroxylation is 1. The van der Waals surface area contributed by atoms with Crippen molar-refractivity contribution < 1.29 is 4.79 Å². The highest BCUT2D eigenvalue weighted by Crippen LogP contribution is 2.41. The number of rotatable bonds is 3. The Balaban J connectivity index is 1.68. The number of benzene rings is 2. The van der Waals surface area contributed by atoms with Gasteiger partial charge in [0, 0.05) is 33.6 Å². The topological polar surface area (TPSA) is 54.0 Å². The maximum atomic E-state index is 12.7. The van der Waals surface area contributed by atoms with Crippen LogP contribution in [0.4, 0.5) is 5.69 Å². The lowest BCUT2D eigenvalue weighted by Gasteiger charge is -2.12. The third-order valence-electron chi connectivity index (χ3n) is 6.08. The predicted octanol–water partition coefficient (Wildman–Crippen LogP) is 6.35. The second kappa shape index (κ2) is 7.65. The molecular weight excluding hydrogens is 402 g/mol. The van der Waals surface area contributed by atoms with Gasteiger partial charge in [-0.2, -0.15) is 0 Å². The Morgan fingerprint density at radius 3 is 2.77 bits per heavy atom. The second-order valence-electron chi connectivity index (χ2n) is 8.73. The molecule has 158 valence electrons. The lowest BCUT2D eigenvalue weighted by molar-refractivity contribution is 0.0949. The number of thiophene rings is 1. The van der Waals surface area contributed by atoms with E-state index < -0.39 is 0 Å². The third-order valence-corrected chi connectivity index (χ3v) is 7.23. The van der Waals surface area contributed by atoms with Crippen molar-refractivity contribution >= 4 is 43.9 Å². The van der Waals surface area contributed by atoms with Crippen LogP contribution in [0.25, 0.3) is 32.2 Å². The van der Waals surface area contributed by atoms with Gasteiger partial charge in [-0.15, -0.1) is 11.3 Å². The number of nitrogens with zero attached hydrogens (tertiary/aromatic N) is 1. The summed E-state index contributed by atoms with van der Waals surface area (Å²) in [6.07, 6.45) is 1.01. The van der Waals surface area contributed by atoms with E-state index in [0.717, 1.165) is 43.7 Å². The van der Waals surface area contributed by atoms with Crippen LogP contribution in [0.3, 0.4) is 0 Å². The molecule has 1 aliphatic rings. The number of aromatic nitrogens is 1. The lowest BCUT2D eigenvalue weighted by atomic mass is 9.95. The summed E-state index contributed by atoms with van der Waals surface area (Å²) in [5.74, 6) is 0.482. The zero-order valence-corrected chi connectivity index (χ0v) is 19.2. The number of fused-ring (bicyclic) bond motifs is 5. The molecule has 5 heteroatoms. The summed E-state index contributed by atoms with van der Waals surface area (Å²) < 4.78 is 1.11. The quantitative estimate of drug-likeness (QED) is 0.399. The zero-order chi connectivity index (χ0) is 21.7. The van der Waals surface area contributed by atoms with E-state index in [0.29, 0.717) is 12.5 Å². The molecule has 1 atom stereocenters. The molecule has 0 unspecified atom stereocenters. The van der Waals surface area contributed by atoms with E-state index in [9.17, 15) is 4.79 Å². The fourth-order valence-electron chi connectivity index (χ4n) is 4.29. The molecule has 0 fully saturated rings. The van der Waals surface area contributed by atoms with Crippen molar-refractivity contribution in [1.29, 1.82) is 0 Å². The summed E-state index contributed by atoms with van der Waals surface area (Å²) in [5, 5.41) is 8.75. The average Bonchev–Trinajstić information content (AvgIpc) is 3.09. The molecule has 0 saturated heterocycles. The minimum Gasteiger partial charge on any atom is -0.381 e. The molecule has 0 bridgehead atoms. The minimum atomic E-state index is 0.00373. The number of amides is 1. The molecule has 4 nitrogen and oxygen atoms in total. The maximum absolute atomic E-state index is 12.7. The van der Waals surface area contributed by atoms with Crippen LogP contribution in [-0.4, -0.2) is 23.5 Å². The van der Waals surface area contributed by atoms with Gasteiger partial charge in [0.25, 0.3) is 5.91 Å². The Bertz CT molecular complexity index is 1320. The number of carbonyl (C=O) groups excluding carboxylic acids is 1. The molecule has 31 heavy (non-hydrogen) atoms. The van der Waals surface area contributed by atoms with Gasteiger partial charge in [-0.25, -0.2) is 4.98 Å². The predicted molar refractivity (Wildman–Crippen MR) is 131 cm³/mol. The SMILES string of the molecule is CCc1cc(-c2ccc3c(ccc4sc5c(c43)NC[C@@H](C)NC5=O)n2)cc(C(C)C)c1. The molecule has 1 aliphatic heterocycles. The number of hydrogen-bond acceptors (Lipinski definition) is 4. The Morgan fingerprint density at radius 1 is 1.16 bits per heavy atom. The van der Waals surface area contributed by atoms with Crippen LogP contribution in [0.2, 0.25) is 0 Å². The Morgan fingerprint density at radius 2 is 2.00 bits per heavy atom. The molecule has 0 spiro atoms. The van der Waals surface area contributed by atoms with Crippen LogP contribution in [0.15, 0.2) is 42.5 Å². The monoisotopic (exact) mass is 429 g/mol. The molecule has 2 aromatic heterocycles. The van der Waals surface area contributed by atoms with Crippen molar-refractivity contribution in [3.8, 4) is 11.3 Å². The van der Waals surface area contributed by atoms with E-state index in [4.69, 9.17) is 4.98 Å². The van der Waals surface area contributed by atoms with Crippen LogP contribution in [0.1, 0.15) is 54.4 Å². The first-order valence-corrected chi connectivity index (χ1v) is 11.8. The molecule has 0 aliphatic carbocycles. The largest absolute Gasteiger partial charge is 0.381 e. The molecule has 1 amide bonds. The molecule has 3 heterocycles. The summed E-state index contributed by atoms with van der Waals surface area (Å²) in [6, 6.07) is 15.4. The van der Waals surface area contributed by atoms with Crippen molar-refractivity contribution in [3.05, 3.63) is 58.5 Å². The Kier molecular flexibility index (Phi) is 4.94. The Hall–Kier alpha value is -2.92. The first-order chi connectivity index (χ1) is 14.9. The van der Waals surface area contributed by atoms with Gasteiger partial charge in [0.15, 0.2) is 0 Å². The summed E-state index contributed by atoms with van der Waals surface area (Å²) >= 11 is 1.55. The molecule has 2 N–H and O–H groups in total. The molecular formula is C26H27N3OS. The molecule has 0 saturated carbocycles. The summed E-state index contributed by atoms with van der Waals surface area (Å²) in [7, 11) is 0. The van der Waals surface area contributed by atoms with E-state index >= 15 is 0 Å². The van der Waals surface area contributed by atoms with Gasteiger partial charge in [-0.05, 0) is 66.8 Å². The van der Waals surface area contributed by atoms with Gasteiger partial charge in [0.2, 0.25) is 0 Å². The van der Waals surface area contributed by atoms with Crippen molar-refractivity contribution in [2.24, 2.45) is 0 Å². The summed E-state index contributed by atoms with van der Waals surface area (Å²) in [5.41, 5.74) is 6.74. The van der Waals surface area contributed by atoms with E-state index in [2.05, 4.69) is 73.9 Å². The van der Waals surface area contributed by atoms with Gasteiger partial charge in [0.1, 0.15) is 4.88 Å². The number of pyridine rings is 1. The van der Waals surface area contributed by atoms with Gasteiger partial charge in [-0.3, -0.25) is 4.79 Å². The van der Waals surface area contributed by atoms with Gasteiger partial charge >= 0.3 is 0 Å². The number of nitrogens with one attached hydrogen (secondary N) is 2. The fraction of sp³-hybridized carbons (Fsp3) is 0.308. The highest BCUT2D eigenvalue weighted by molar-refractivity contribution is 7.21. The van der Waals surface area contributed by atoms with Crippen molar-refractivity contribution in [1.82, 2.24) is 10.3 Å². The standard InChI is InChI=1S/C26H27N3OS/c1-5-16-10-17(14(2)3)12-18(11-16)20-7-6-19-21(29-20)8-9-22-23(19)24-25(31-22)26(30)28-15(4)13-27-24/h6-12,14-15,27H,5,13H2,1-4H3,(H,28,30)/t15-/m1/s1. The molecule has 5 rings (SSSR count). The summed E-state index contributed by atoms with van der Waals surface area (Å²) in [4.78, 5) is 18.4. The molecule has 2 aromatic carbocycles. The Labute approximate surface area is 186 Å². The molecule has 0 radical (unpaired) electrons. The normalized spacial score (nSPS) is 16.3. The van der Waals surface area contributed by atoms with Gasteiger partial charge < -0.3 is 10.6 Å². The maximum Gasteiger partial charge on any atom is 0.263 e. The smallest absolute Gasteiger partial charge is 0.263 e. The fourth-order valence-corrected chi connectivity index (χ4v) is 5.39. The van der Waals surface area contributed by atoms with Crippen molar-refractivity contribution in [2.75, 3.05) is 11.9 Å². The number of carbonyl (C=O) groups is 1. The van der Waals surface area contributed by atoms with E-state index in [1.54, 1.807) is 11.3 Å². The second-order valence-corrected chi connectivity index (χ2v) is 9.79. The van der Waals surface area contributed by atoms with Crippen LogP contribution in [0, 0.1) is 0 Å². The van der Waals surface area contributed by atoms with Gasteiger partial charge in [0.05, 0.1) is 16.9 Å². The van der Waals surface area contributed by atoms with Crippen LogP contribution >= 0.6 is 11.3 Å². The van der Waals surface area contributed by atoms with E-state index in [-0.39, 0.29) is 11.9 Å². The first-order valence-electron chi connectivity index (χ1n) is 11.0. The average molecular weight is 430 g/mol. The van der Waals surface area contributed by atoms with Crippen LogP contribution in [0.5, 0.6) is 0 Å². The number of anilines is 1. The van der Waals surface area contributed by atoms with Crippen molar-refractivity contribution in [3.63, 3.8) is 0 Å². The minimum absolute atomic E-state index is 0.00373.